The predicted octanol–water partition coefficient (Wildman–Crippen LogP) is 1.72. The summed E-state index contributed by atoms with van der Waals surface area (Å²) in [5, 5.41) is 6.90. The fourth-order valence-corrected chi connectivity index (χ4v) is 1.59. The molecule has 2 aromatic rings. The molecule has 0 aliphatic rings. The van der Waals surface area contributed by atoms with E-state index in [-0.39, 0.29) is 0 Å². The van der Waals surface area contributed by atoms with Gasteiger partial charge in [0.05, 0.1) is 11.9 Å². The second-order valence-corrected chi connectivity index (χ2v) is 4.16. The van der Waals surface area contributed by atoms with Crippen LogP contribution in [0, 0.1) is 0 Å². The zero-order valence-electron chi connectivity index (χ0n) is 11.2. The van der Waals surface area contributed by atoms with Crippen LogP contribution in [-0.2, 0) is 19.6 Å². The van der Waals surface area contributed by atoms with Crippen LogP contribution in [-0.4, -0.2) is 22.2 Å². The first-order valence-electron chi connectivity index (χ1n) is 6.35. The average Bonchev–Trinajstić information content (AvgIpc) is 2.87. The molecule has 0 bridgehead atoms. The summed E-state index contributed by atoms with van der Waals surface area (Å²) in [4.78, 5) is 8.49. The van der Waals surface area contributed by atoms with Gasteiger partial charge in [-0.3, -0.25) is 4.98 Å². The molecule has 6 heteroatoms. The fraction of sp³-hybridized carbons (Fsp3) is 0.462. The summed E-state index contributed by atoms with van der Waals surface area (Å²) in [6.07, 6.45) is 3.48. The molecule has 19 heavy (non-hydrogen) atoms. The van der Waals surface area contributed by atoms with E-state index in [1.165, 1.54) is 0 Å². The first-order valence-corrected chi connectivity index (χ1v) is 6.35. The molecule has 0 radical (unpaired) electrons. The monoisotopic (exact) mass is 262 g/mol. The number of nitrogens with zero attached hydrogens (tertiary/aromatic N) is 3. The van der Waals surface area contributed by atoms with Gasteiger partial charge in [0.1, 0.15) is 5.75 Å². The number of ether oxygens (including phenoxy) is 1. The lowest BCUT2D eigenvalue weighted by atomic mass is 10.3. The average molecular weight is 262 g/mol. The van der Waals surface area contributed by atoms with Crippen molar-refractivity contribution in [1.29, 1.82) is 0 Å². The van der Waals surface area contributed by atoms with E-state index in [9.17, 15) is 0 Å². The Hall–Kier alpha value is -1.95. The second kappa shape index (κ2) is 6.84. The van der Waals surface area contributed by atoms with Gasteiger partial charge in [-0.2, -0.15) is 4.98 Å². The molecular formula is C13H18N4O2. The Balaban J connectivity index is 1.86. The third kappa shape index (κ3) is 4.03. The molecule has 0 spiro atoms. The number of aryl methyl sites for hydroxylation is 1. The van der Waals surface area contributed by atoms with Gasteiger partial charge >= 0.3 is 0 Å². The predicted molar refractivity (Wildman–Crippen MR) is 69.6 cm³/mol. The minimum Gasteiger partial charge on any atom is -0.484 e. The lowest BCUT2D eigenvalue weighted by Gasteiger charge is -2.04. The van der Waals surface area contributed by atoms with Gasteiger partial charge in [0.25, 0.3) is 0 Å². The van der Waals surface area contributed by atoms with Gasteiger partial charge in [0.2, 0.25) is 11.7 Å². The molecule has 6 nitrogen and oxygen atoms in total. The summed E-state index contributed by atoms with van der Waals surface area (Å²) in [6, 6.07) is 3.80. The molecule has 2 rings (SSSR count). The molecule has 0 atom stereocenters. The molecule has 1 N–H and O–H groups in total. The number of pyridine rings is 1. The maximum atomic E-state index is 5.55. The third-order valence-electron chi connectivity index (χ3n) is 2.50. The molecule has 0 saturated heterocycles. The molecule has 0 aliphatic heterocycles. The summed E-state index contributed by atoms with van der Waals surface area (Å²) in [5.74, 6) is 1.91. The summed E-state index contributed by atoms with van der Waals surface area (Å²) >= 11 is 0. The van der Waals surface area contributed by atoms with Crippen LogP contribution in [0.3, 0.4) is 0 Å². The number of aromatic nitrogens is 3. The van der Waals surface area contributed by atoms with Crippen molar-refractivity contribution in [3.8, 4) is 5.75 Å². The van der Waals surface area contributed by atoms with Crippen LogP contribution in [0.4, 0.5) is 0 Å². The Kier molecular flexibility index (Phi) is 4.85. The highest BCUT2D eigenvalue weighted by Crippen LogP contribution is 2.11. The molecular weight excluding hydrogens is 244 g/mol. The van der Waals surface area contributed by atoms with Crippen LogP contribution in [0.2, 0.25) is 0 Å². The molecule has 2 heterocycles. The topological polar surface area (TPSA) is 73.1 Å². The molecule has 102 valence electrons. The van der Waals surface area contributed by atoms with E-state index in [0.717, 1.165) is 25.1 Å². The van der Waals surface area contributed by atoms with E-state index in [1.54, 1.807) is 6.20 Å². The molecule has 0 unspecified atom stereocenters. The zero-order chi connectivity index (χ0) is 13.5. The van der Waals surface area contributed by atoms with E-state index in [0.29, 0.717) is 24.1 Å². The van der Waals surface area contributed by atoms with Crippen molar-refractivity contribution in [2.45, 2.75) is 32.9 Å². The number of hydrogen-bond acceptors (Lipinski definition) is 6. The Bertz CT molecular complexity index is 496. The minimum absolute atomic E-state index is 0.292. The minimum atomic E-state index is 0.292. The molecule has 0 aromatic carbocycles. The van der Waals surface area contributed by atoms with Crippen molar-refractivity contribution < 1.29 is 9.26 Å². The molecule has 2 aromatic heterocycles. The summed E-state index contributed by atoms with van der Waals surface area (Å²) < 4.78 is 10.6. The van der Waals surface area contributed by atoms with Gasteiger partial charge in [-0.05, 0) is 25.6 Å². The van der Waals surface area contributed by atoms with Gasteiger partial charge in [-0.25, -0.2) is 0 Å². The molecule has 0 saturated carbocycles. The maximum Gasteiger partial charge on any atom is 0.226 e. The van der Waals surface area contributed by atoms with E-state index in [1.807, 2.05) is 19.2 Å². The van der Waals surface area contributed by atoms with Crippen LogP contribution in [0.1, 0.15) is 30.8 Å². The first-order chi connectivity index (χ1) is 9.31. The van der Waals surface area contributed by atoms with Crippen molar-refractivity contribution in [1.82, 2.24) is 20.4 Å². The van der Waals surface area contributed by atoms with Crippen LogP contribution in [0.15, 0.2) is 22.9 Å². The molecule has 0 amide bonds. The van der Waals surface area contributed by atoms with Crippen molar-refractivity contribution in [2.24, 2.45) is 0 Å². The highest BCUT2D eigenvalue weighted by atomic mass is 16.5. The van der Waals surface area contributed by atoms with Gasteiger partial charge < -0.3 is 14.6 Å². The molecule has 0 fully saturated rings. The van der Waals surface area contributed by atoms with Crippen molar-refractivity contribution in [3.63, 3.8) is 0 Å². The lowest BCUT2D eigenvalue weighted by Crippen LogP contribution is -2.06. The maximum absolute atomic E-state index is 5.55. The van der Waals surface area contributed by atoms with Crippen molar-refractivity contribution in [2.75, 3.05) is 7.05 Å². The van der Waals surface area contributed by atoms with Gasteiger partial charge in [0.15, 0.2) is 6.61 Å². The summed E-state index contributed by atoms with van der Waals surface area (Å²) in [5.41, 5.74) is 0.972. The quantitative estimate of drug-likeness (QED) is 0.819. The van der Waals surface area contributed by atoms with Crippen molar-refractivity contribution in [3.05, 3.63) is 35.7 Å². The van der Waals surface area contributed by atoms with Gasteiger partial charge in [-0.1, -0.05) is 12.1 Å². The number of hydrogen-bond donors (Lipinski definition) is 1. The Labute approximate surface area is 112 Å². The highest BCUT2D eigenvalue weighted by molar-refractivity contribution is 5.19. The normalized spacial score (nSPS) is 10.6. The van der Waals surface area contributed by atoms with E-state index >= 15 is 0 Å². The highest BCUT2D eigenvalue weighted by Gasteiger charge is 2.06. The lowest BCUT2D eigenvalue weighted by molar-refractivity contribution is 0.284. The third-order valence-corrected chi connectivity index (χ3v) is 2.50. The van der Waals surface area contributed by atoms with E-state index in [2.05, 4.69) is 27.4 Å². The Morgan fingerprint density at radius 3 is 2.95 bits per heavy atom. The van der Waals surface area contributed by atoms with Crippen LogP contribution < -0.4 is 10.1 Å². The Morgan fingerprint density at radius 1 is 1.37 bits per heavy atom. The summed E-state index contributed by atoms with van der Waals surface area (Å²) in [7, 11) is 1.89. The smallest absolute Gasteiger partial charge is 0.226 e. The number of rotatable bonds is 7. The largest absolute Gasteiger partial charge is 0.484 e. The fourth-order valence-electron chi connectivity index (χ4n) is 1.59. The zero-order valence-corrected chi connectivity index (χ0v) is 11.2. The SMILES string of the molecule is CCCc1nc(COc2ccc(CNC)nc2)no1. The number of nitrogens with one attached hydrogen (secondary N) is 1. The van der Waals surface area contributed by atoms with Gasteiger partial charge in [0, 0.05) is 13.0 Å². The van der Waals surface area contributed by atoms with Crippen LogP contribution >= 0.6 is 0 Å². The van der Waals surface area contributed by atoms with Crippen LogP contribution in [0.25, 0.3) is 0 Å². The van der Waals surface area contributed by atoms with Gasteiger partial charge in [-0.15, -0.1) is 0 Å². The van der Waals surface area contributed by atoms with E-state index in [4.69, 9.17) is 9.26 Å². The van der Waals surface area contributed by atoms with Crippen molar-refractivity contribution >= 4 is 0 Å². The first kappa shape index (κ1) is 13.5. The summed E-state index contributed by atoms with van der Waals surface area (Å²) in [6.45, 7) is 3.10. The van der Waals surface area contributed by atoms with E-state index < -0.39 is 0 Å². The Morgan fingerprint density at radius 2 is 2.26 bits per heavy atom. The molecule has 0 aliphatic carbocycles. The second-order valence-electron chi connectivity index (χ2n) is 4.16. The standard InChI is InChI=1S/C13H18N4O2/c1-3-4-13-16-12(17-19-13)9-18-11-6-5-10(7-14-2)15-8-11/h5-6,8,14H,3-4,7,9H2,1-2H3. The van der Waals surface area contributed by atoms with Crippen LogP contribution in [0.5, 0.6) is 5.75 Å².